The van der Waals surface area contributed by atoms with Crippen molar-refractivity contribution in [2.24, 2.45) is 0 Å². The molecule has 140 valence electrons. The zero-order valence-corrected chi connectivity index (χ0v) is 15.5. The van der Waals surface area contributed by atoms with Gasteiger partial charge in [-0.2, -0.15) is 5.26 Å². The van der Waals surface area contributed by atoms with Crippen LogP contribution < -0.4 is 15.0 Å². The molecule has 0 saturated carbocycles. The van der Waals surface area contributed by atoms with E-state index >= 15 is 0 Å². The molecule has 1 amide bonds. The second-order valence-corrected chi connectivity index (χ2v) is 6.52. The minimum Gasteiger partial charge on any atom is -0.497 e. The first-order valence-corrected chi connectivity index (χ1v) is 9.09. The predicted molar refractivity (Wildman–Crippen MR) is 106 cm³/mol. The highest BCUT2D eigenvalue weighted by Gasteiger charge is 2.18. The number of methoxy groups -OCH3 is 1. The summed E-state index contributed by atoms with van der Waals surface area (Å²) in [6.45, 7) is 4.48. The van der Waals surface area contributed by atoms with Crippen LogP contribution >= 0.6 is 0 Å². The van der Waals surface area contributed by atoms with Gasteiger partial charge in [-0.3, -0.25) is 9.69 Å². The number of nitrogens with one attached hydrogen (secondary N) is 1. The molecule has 27 heavy (non-hydrogen) atoms. The number of anilines is 2. The molecule has 1 saturated heterocycles. The highest BCUT2D eigenvalue weighted by atomic mass is 16.5. The number of ether oxygens (including phenoxy) is 1. The van der Waals surface area contributed by atoms with Gasteiger partial charge in [-0.1, -0.05) is 6.07 Å². The number of rotatable bonds is 6. The van der Waals surface area contributed by atoms with Gasteiger partial charge in [-0.05, 0) is 36.4 Å². The average Bonchev–Trinajstić information content (AvgIpc) is 2.73. The van der Waals surface area contributed by atoms with E-state index in [1.165, 1.54) is 5.69 Å². The van der Waals surface area contributed by atoms with E-state index in [9.17, 15) is 4.79 Å². The summed E-state index contributed by atoms with van der Waals surface area (Å²) in [6.07, 6.45) is 0.458. The van der Waals surface area contributed by atoms with Crippen LogP contribution in [0.4, 0.5) is 11.4 Å². The molecular formula is C21H24N4O2. The largest absolute Gasteiger partial charge is 0.497 e. The lowest BCUT2D eigenvalue weighted by atomic mass is 10.2. The number of hydrogen-bond donors (Lipinski definition) is 1. The smallest absolute Gasteiger partial charge is 0.225 e. The van der Waals surface area contributed by atoms with E-state index in [1.54, 1.807) is 31.4 Å². The molecule has 6 heteroatoms. The van der Waals surface area contributed by atoms with Gasteiger partial charge < -0.3 is 15.0 Å². The maximum atomic E-state index is 12.1. The number of hydrogen-bond acceptors (Lipinski definition) is 5. The summed E-state index contributed by atoms with van der Waals surface area (Å²) in [5.74, 6) is 0.865. The van der Waals surface area contributed by atoms with Crippen molar-refractivity contribution in [3.8, 4) is 11.8 Å². The predicted octanol–water partition coefficient (Wildman–Crippen LogP) is 2.72. The van der Waals surface area contributed by atoms with Gasteiger partial charge in [-0.25, -0.2) is 0 Å². The number of nitrogens with zero attached hydrogens (tertiary/aromatic N) is 3. The summed E-state index contributed by atoms with van der Waals surface area (Å²) in [5, 5.41) is 11.7. The van der Waals surface area contributed by atoms with Crippen LogP contribution in [0, 0.1) is 11.3 Å². The molecular weight excluding hydrogens is 340 g/mol. The fraction of sp³-hybridized carbons (Fsp3) is 0.333. The Morgan fingerprint density at radius 3 is 2.56 bits per heavy atom. The van der Waals surface area contributed by atoms with E-state index in [1.807, 2.05) is 12.1 Å². The quantitative estimate of drug-likeness (QED) is 0.854. The second kappa shape index (κ2) is 9.06. The maximum Gasteiger partial charge on any atom is 0.225 e. The summed E-state index contributed by atoms with van der Waals surface area (Å²) in [6, 6.07) is 17.1. The van der Waals surface area contributed by atoms with Crippen LogP contribution in [-0.4, -0.2) is 50.6 Å². The van der Waals surface area contributed by atoms with Crippen molar-refractivity contribution in [2.75, 3.05) is 50.1 Å². The van der Waals surface area contributed by atoms with Crippen molar-refractivity contribution in [3.63, 3.8) is 0 Å². The van der Waals surface area contributed by atoms with E-state index in [4.69, 9.17) is 10.00 Å². The molecule has 0 radical (unpaired) electrons. The molecule has 0 aliphatic carbocycles. The molecule has 1 heterocycles. The summed E-state index contributed by atoms with van der Waals surface area (Å²) >= 11 is 0. The first-order valence-electron chi connectivity index (χ1n) is 9.09. The Morgan fingerprint density at radius 1 is 1.15 bits per heavy atom. The van der Waals surface area contributed by atoms with Crippen LogP contribution in [0.2, 0.25) is 0 Å². The van der Waals surface area contributed by atoms with Crippen LogP contribution in [0.15, 0.2) is 48.5 Å². The number of benzene rings is 2. The number of nitriles is 1. The topological polar surface area (TPSA) is 68.6 Å². The Labute approximate surface area is 160 Å². The zero-order chi connectivity index (χ0) is 19.1. The third-order valence-electron chi connectivity index (χ3n) is 4.74. The van der Waals surface area contributed by atoms with E-state index in [2.05, 4.69) is 33.3 Å². The van der Waals surface area contributed by atoms with Gasteiger partial charge in [0.05, 0.1) is 18.7 Å². The monoisotopic (exact) mass is 364 g/mol. The van der Waals surface area contributed by atoms with Crippen molar-refractivity contribution >= 4 is 17.3 Å². The second-order valence-electron chi connectivity index (χ2n) is 6.52. The van der Waals surface area contributed by atoms with Gasteiger partial charge in [0.25, 0.3) is 0 Å². The van der Waals surface area contributed by atoms with Crippen molar-refractivity contribution in [3.05, 3.63) is 54.1 Å². The van der Waals surface area contributed by atoms with Gasteiger partial charge >= 0.3 is 0 Å². The molecule has 1 fully saturated rings. The van der Waals surface area contributed by atoms with E-state index in [0.717, 1.165) is 44.2 Å². The maximum absolute atomic E-state index is 12.1. The van der Waals surface area contributed by atoms with Crippen LogP contribution in [-0.2, 0) is 4.79 Å². The van der Waals surface area contributed by atoms with Gasteiger partial charge in [-0.15, -0.1) is 0 Å². The first-order chi connectivity index (χ1) is 13.2. The first kappa shape index (κ1) is 18.7. The highest BCUT2D eigenvalue weighted by Crippen LogP contribution is 2.22. The normalized spacial score (nSPS) is 14.4. The lowest BCUT2D eigenvalue weighted by molar-refractivity contribution is -0.116. The van der Waals surface area contributed by atoms with E-state index < -0.39 is 0 Å². The Morgan fingerprint density at radius 2 is 1.89 bits per heavy atom. The third-order valence-corrected chi connectivity index (χ3v) is 4.74. The summed E-state index contributed by atoms with van der Waals surface area (Å²) in [4.78, 5) is 16.8. The third kappa shape index (κ3) is 5.22. The van der Waals surface area contributed by atoms with Crippen LogP contribution in [0.1, 0.15) is 12.0 Å². The molecule has 1 aliphatic rings. The van der Waals surface area contributed by atoms with Gasteiger partial charge in [0.15, 0.2) is 0 Å². The molecule has 0 bridgehead atoms. The molecule has 2 aromatic rings. The fourth-order valence-electron chi connectivity index (χ4n) is 3.15. The van der Waals surface area contributed by atoms with E-state index in [0.29, 0.717) is 12.0 Å². The Balaban J connectivity index is 1.42. The molecule has 6 nitrogen and oxygen atoms in total. The molecule has 2 aromatic carbocycles. The molecule has 0 spiro atoms. The van der Waals surface area contributed by atoms with Gasteiger partial charge in [0, 0.05) is 56.6 Å². The van der Waals surface area contributed by atoms with Crippen molar-refractivity contribution in [1.29, 1.82) is 5.26 Å². The Hall–Kier alpha value is -3.04. The summed E-state index contributed by atoms with van der Waals surface area (Å²) in [5.41, 5.74) is 2.48. The minimum atomic E-state index is -0.00469. The number of carbonyl (C=O) groups is 1. The zero-order valence-electron chi connectivity index (χ0n) is 15.5. The van der Waals surface area contributed by atoms with Crippen molar-refractivity contribution < 1.29 is 9.53 Å². The number of piperazine rings is 1. The Bertz CT molecular complexity index is 806. The van der Waals surface area contributed by atoms with Gasteiger partial charge in [0.1, 0.15) is 5.75 Å². The SMILES string of the molecule is COc1cccc(N2CCN(CCC(=O)Nc3ccc(C#N)cc3)CC2)c1. The molecule has 1 N–H and O–H groups in total. The fourth-order valence-corrected chi connectivity index (χ4v) is 3.15. The molecule has 1 aliphatic heterocycles. The molecule has 0 unspecified atom stereocenters. The number of amides is 1. The molecule has 0 atom stereocenters. The standard InChI is InChI=1S/C21H24N4O2/c1-27-20-4-2-3-19(15-20)25-13-11-24(12-14-25)10-9-21(26)23-18-7-5-17(16-22)6-8-18/h2-8,15H,9-14H2,1H3,(H,23,26). The van der Waals surface area contributed by atoms with Gasteiger partial charge in [0.2, 0.25) is 5.91 Å². The molecule has 0 aromatic heterocycles. The summed E-state index contributed by atoms with van der Waals surface area (Å²) in [7, 11) is 1.68. The lowest BCUT2D eigenvalue weighted by Gasteiger charge is -2.36. The molecule has 3 rings (SSSR count). The van der Waals surface area contributed by atoms with Crippen LogP contribution in [0.3, 0.4) is 0 Å². The van der Waals surface area contributed by atoms with Crippen LogP contribution in [0.5, 0.6) is 5.75 Å². The Kier molecular flexibility index (Phi) is 6.29. The van der Waals surface area contributed by atoms with Crippen LogP contribution in [0.25, 0.3) is 0 Å². The minimum absolute atomic E-state index is 0.00469. The van der Waals surface area contributed by atoms with E-state index in [-0.39, 0.29) is 5.91 Å². The van der Waals surface area contributed by atoms with Crippen molar-refractivity contribution in [2.45, 2.75) is 6.42 Å². The summed E-state index contributed by atoms with van der Waals surface area (Å²) < 4.78 is 5.30. The van der Waals surface area contributed by atoms with Crippen molar-refractivity contribution in [1.82, 2.24) is 4.90 Å². The average molecular weight is 364 g/mol. The lowest BCUT2D eigenvalue weighted by Crippen LogP contribution is -2.47. The number of carbonyl (C=O) groups excluding carboxylic acids is 1. The highest BCUT2D eigenvalue weighted by molar-refractivity contribution is 5.90.